The van der Waals surface area contributed by atoms with E-state index in [0.29, 0.717) is 23.9 Å². The Morgan fingerprint density at radius 2 is 1.77 bits per heavy atom. The first-order valence-electron chi connectivity index (χ1n) is 11.1. The van der Waals surface area contributed by atoms with Crippen LogP contribution in [-0.2, 0) is 11.3 Å². The average molecular weight is 425 g/mol. The van der Waals surface area contributed by atoms with Gasteiger partial charge in [-0.25, -0.2) is 9.59 Å². The Hall–Kier alpha value is -2.86. The molecule has 0 heterocycles. The van der Waals surface area contributed by atoms with Crippen molar-refractivity contribution in [3.63, 3.8) is 0 Å². The SMILES string of the molecule is CCOC(=O)c1cccc(NC(=O)N[C@H]2CCCC[C@@H]2[N+](C)(C)Cc2ccccc2)c1. The quantitative estimate of drug-likeness (QED) is 0.505. The lowest BCUT2D eigenvalue weighted by molar-refractivity contribution is -0.930. The number of nitrogens with zero attached hydrogens (tertiary/aromatic N) is 1. The highest BCUT2D eigenvalue weighted by atomic mass is 16.5. The van der Waals surface area contributed by atoms with Gasteiger partial charge in [-0.05, 0) is 38.0 Å². The second kappa shape index (κ2) is 10.4. The van der Waals surface area contributed by atoms with Crippen molar-refractivity contribution >= 4 is 17.7 Å². The normalized spacial score (nSPS) is 18.8. The Morgan fingerprint density at radius 1 is 1.03 bits per heavy atom. The van der Waals surface area contributed by atoms with Gasteiger partial charge in [0, 0.05) is 17.7 Å². The van der Waals surface area contributed by atoms with Crippen LogP contribution in [-0.4, -0.2) is 49.3 Å². The molecule has 1 saturated carbocycles. The monoisotopic (exact) mass is 424 g/mol. The Kier molecular flexibility index (Phi) is 7.69. The van der Waals surface area contributed by atoms with E-state index in [1.165, 1.54) is 12.0 Å². The van der Waals surface area contributed by atoms with Gasteiger partial charge in [0.05, 0.1) is 32.3 Å². The zero-order valence-electron chi connectivity index (χ0n) is 18.8. The summed E-state index contributed by atoms with van der Waals surface area (Å²) in [7, 11) is 4.50. The molecule has 1 fully saturated rings. The number of anilines is 1. The predicted molar refractivity (Wildman–Crippen MR) is 123 cm³/mol. The number of nitrogens with one attached hydrogen (secondary N) is 2. The molecule has 0 unspecified atom stereocenters. The first-order valence-corrected chi connectivity index (χ1v) is 11.1. The van der Waals surface area contributed by atoms with Gasteiger partial charge in [0.15, 0.2) is 0 Å². The summed E-state index contributed by atoms with van der Waals surface area (Å²) in [4.78, 5) is 24.7. The van der Waals surface area contributed by atoms with E-state index in [2.05, 4.69) is 49.0 Å². The van der Waals surface area contributed by atoms with E-state index in [1.807, 2.05) is 6.07 Å². The molecule has 0 bridgehead atoms. The Bertz CT molecular complexity index is 883. The van der Waals surface area contributed by atoms with E-state index in [4.69, 9.17) is 4.74 Å². The number of likely N-dealkylation sites (N-methyl/N-ethyl adjacent to an activating group) is 1. The summed E-state index contributed by atoms with van der Waals surface area (Å²) in [5, 5.41) is 6.08. The standard InChI is InChI=1S/C25H33N3O3/c1-4-31-24(29)20-13-10-14-21(17-20)26-25(30)27-22-15-8-9-16-23(22)28(2,3)18-19-11-6-5-7-12-19/h5-7,10-14,17,22-23H,4,8-9,15-16,18H2,1-3H3,(H-,26,27,30)/p+1/t22-,23-/m0/s1. The Morgan fingerprint density at radius 3 is 2.52 bits per heavy atom. The topological polar surface area (TPSA) is 67.4 Å². The summed E-state index contributed by atoms with van der Waals surface area (Å²) < 4.78 is 5.87. The van der Waals surface area contributed by atoms with Gasteiger partial charge in [-0.15, -0.1) is 0 Å². The first-order chi connectivity index (χ1) is 14.9. The highest BCUT2D eigenvalue weighted by molar-refractivity contribution is 5.94. The number of benzene rings is 2. The third-order valence-corrected chi connectivity index (χ3v) is 6.01. The summed E-state index contributed by atoms with van der Waals surface area (Å²) in [6, 6.07) is 17.5. The van der Waals surface area contributed by atoms with E-state index in [9.17, 15) is 9.59 Å². The van der Waals surface area contributed by atoms with Crippen LogP contribution in [0.3, 0.4) is 0 Å². The van der Waals surface area contributed by atoms with Crippen molar-refractivity contribution in [3.05, 3.63) is 65.7 Å². The third-order valence-electron chi connectivity index (χ3n) is 6.01. The molecule has 0 saturated heterocycles. The van der Waals surface area contributed by atoms with Crippen LogP contribution >= 0.6 is 0 Å². The minimum Gasteiger partial charge on any atom is -0.462 e. The van der Waals surface area contributed by atoms with Crippen LogP contribution in [0.15, 0.2) is 54.6 Å². The molecule has 166 valence electrons. The number of hydrogen-bond acceptors (Lipinski definition) is 3. The number of quaternary nitrogens is 1. The molecule has 0 aliphatic heterocycles. The number of rotatable bonds is 7. The van der Waals surface area contributed by atoms with Crippen LogP contribution < -0.4 is 10.6 Å². The fourth-order valence-electron chi connectivity index (χ4n) is 4.56. The lowest BCUT2D eigenvalue weighted by atomic mass is 9.87. The summed E-state index contributed by atoms with van der Waals surface area (Å²) in [5.41, 5.74) is 2.31. The van der Waals surface area contributed by atoms with Crippen LogP contribution in [0.1, 0.15) is 48.5 Å². The second-order valence-electron chi connectivity index (χ2n) is 8.78. The van der Waals surface area contributed by atoms with Gasteiger partial charge in [-0.3, -0.25) is 0 Å². The molecular formula is C25H34N3O3+. The molecule has 3 rings (SSSR count). The van der Waals surface area contributed by atoms with Crippen molar-refractivity contribution in [2.24, 2.45) is 0 Å². The van der Waals surface area contributed by atoms with Gasteiger partial charge < -0.3 is 19.9 Å². The molecule has 0 spiro atoms. The molecule has 6 heteroatoms. The van der Waals surface area contributed by atoms with E-state index in [0.717, 1.165) is 30.3 Å². The minimum absolute atomic E-state index is 0.0979. The van der Waals surface area contributed by atoms with Gasteiger partial charge in [0.25, 0.3) is 0 Å². The highest BCUT2D eigenvalue weighted by Gasteiger charge is 2.38. The molecule has 31 heavy (non-hydrogen) atoms. The van der Waals surface area contributed by atoms with Gasteiger partial charge in [0.2, 0.25) is 0 Å². The first kappa shape index (κ1) is 22.8. The maximum Gasteiger partial charge on any atom is 0.338 e. The van der Waals surface area contributed by atoms with E-state index < -0.39 is 0 Å². The molecule has 2 N–H and O–H groups in total. The maximum atomic E-state index is 12.8. The van der Waals surface area contributed by atoms with Crippen LogP contribution in [0.5, 0.6) is 0 Å². The summed E-state index contributed by atoms with van der Waals surface area (Å²) in [6.07, 6.45) is 4.36. The average Bonchev–Trinajstić information content (AvgIpc) is 2.75. The van der Waals surface area contributed by atoms with E-state index >= 15 is 0 Å². The van der Waals surface area contributed by atoms with Crippen molar-refractivity contribution in [2.75, 3.05) is 26.0 Å². The molecule has 0 aromatic heterocycles. The van der Waals surface area contributed by atoms with Gasteiger partial charge in [-0.2, -0.15) is 0 Å². The zero-order valence-corrected chi connectivity index (χ0v) is 18.8. The zero-order chi connectivity index (χ0) is 22.3. The molecular weight excluding hydrogens is 390 g/mol. The molecule has 1 aliphatic carbocycles. The van der Waals surface area contributed by atoms with E-state index in [1.54, 1.807) is 31.2 Å². The number of esters is 1. The lowest BCUT2D eigenvalue weighted by Gasteiger charge is -2.44. The molecule has 2 amide bonds. The van der Waals surface area contributed by atoms with Crippen molar-refractivity contribution in [3.8, 4) is 0 Å². The van der Waals surface area contributed by atoms with Gasteiger partial charge in [0.1, 0.15) is 12.6 Å². The van der Waals surface area contributed by atoms with Crippen molar-refractivity contribution in [2.45, 2.75) is 51.2 Å². The van der Waals surface area contributed by atoms with Crippen LogP contribution in [0.25, 0.3) is 0 Å². The predicted octanol–water partition coefficient (Wildman–Crippen LogP) is 4.57. The van der Waals surface area contributed by atoms with Crippen LogP contribution in [0.2, 0.25) is 0 Å². The van der Waals surface area contributed by atoms with Crippen LogP contribution in [0, 0.1) is 0 Å². The fraction of sp³-hybridized carbons (Fsp3) is 0.440. The highest BCUT2D eigenvalue weighted by Crippen LogP contribution is 2.28. The maximum absolute atomic E-state index is 12.8. The van der Waals surface area contributed by atoms with E-state index in [-0.39, 0.29) is 18.0 Å². The summed E-state index contributed by atoms with van der Waals surface area (Å²) >= 11 is 0. The Balaban J connectivity index is 1.65. The fourth-order valence-corrected chi connectivity index (χ4v) is 4.56. The number of carbonyl (C=O) groups is 2. The molecule has 1 aliphatic rings. The molecule has 6 nitrogen and oxygen atoms in total. The molecule has 2 aromatic carbocycles. The van der Waals surface area contributed by atoms with Crippen molar-refractivity contribution in [1.82, 2.24) is 5.32 Å². The third kappa shape index (κ3) is 6.31. The van der Waals surface area contributed by atoms with Gasteiger partial charge >= 0.3 is 12.0 Å². The number of hydrogen-bond donors (Lipinski definition) is 2. The Labute approximate surface area is 185 Å². The number of ether oxygens (including phenoxy) is 1. The molecule has 0 radical (unpaired) electrons. The lowest BCUT2D eigenvalue weighted by Crippen LogP contribution is -2.60. The largest absolute Gasteiger partial charge is 0.462 e. The smallest absolute Gasteiger partial charge is 0.338 e. The minimum atomic E-state index is -0.390. The number of carbonyl (C=O) groups excluding carboxylic acids is 2. The summed E-state index contributed by atoms with van der Waals surface area (Å²) in [6.45, 7) is 3.01. The van der Waals surface area contributed by atoms with Crippen LogP contribution in [0.4, 0.5) is 10.5 Å². The molecule has 2 aromatic rings. The number of urea groups is 1. The molecule has 2 atom stereocenters. The van der Waals surface area contributed by atoms with Gasteiger partial charge in [-0.1, -0.05) is 42.8 Å². The van der Waals surface area contributed by atoms with Crippen molar-refractivity contribution in [1.29, 1.82) is 0 Å². The number of amides is 2. The second-order valence-corrected chi connectivity index (χ2v) is 8.78. The van der Waals surface area contributed by atoms with Crippen molar-refractivity contribution < 1.29 is 18.8 Å². The summed E-state index contributed by atoms with van der Waals surface area (Å²) in [5.74, 6) is -0.390.